The Kier molecular flexibility index (Phi) is 4.65. The molecular formula is C12H15FN2O3. The molecule has 1 aromatic carbocycles. The molecular weight excluding hydrogens is 239 g/mol. The monoisotopic (exact) mass is 254 g/mol. The van der Waals surface area contributed by atoms with E-state index in [4.69, 9.17) is 9.94 Å². The molecule has 0 aliphatic carbocycles. The zero-order chi connectivity index (χ0) is 13.7. The third-order valence-electron chi connectivity index (χ3n) is 2.33. The first-order valence-electron chi connectivity index (χ1n) is 5.27. The fourth-order valence-corrected chi connectivity index (χ4v) is 1.23. The van der Waals surface area contributed by atoms with E-state index in [0.29, 0.717) is 11.3 Å². The minimum atomic E-state index is -0.473. The average Bonchev–Trinajstić information content (AvgIpc) is 2.35. The van der Waals surface area contributed by atoms with E-state index in [0.717, 1.165) is 0 Å². The number of oxime groups is 1. The van der Waals surface area contributed by atoms with Crippen LogP contribution >= 0.6 is 0 Å². The molecule has 0 bridgehead atoms. The molecule has 0 aromatic heterocycles. The van der Waals surface area contributed by atoms with Crippen LogP contribution in [0.25, 0.3) is 0 Å². The summed E-state index contributed by atoms with van der Waals surface area (Å²) < 4.78 is 18.4. The van der Waals surface area contributed by atoms with Gasteiger partial charge in [0.2, 0.25) is 0 Å². The summed E-state index contributed by atoms with van der Waals surface area (Å²) >= 11 is 0. The minimum absolute atomic E-state index is 0.162. The molecule has 0 atom stereocenters. The van der Waals surface area contributed by atoms with E-state index in [1.165, 1.54) is 30.0 Å². The summed E-state index contributed by atoms with van der Waals surface area (Å²) in [5.41, 5.74) is 0.519. The number of hydrogen-bond donors (Lipinski definition) is 1. The van der Waals surface area contributed by atoms with Gasteiger partial charge in [-0.25, -0.2) is 4.39 Å². The molecule has 0 aliphatic rings. The first-order chi connectivity index (χ1) is 8.45. The fourth-order valence-electron chi connectivity index (χ4n) is 1.23. The topological polar surface area (TPSA) is 62.1 Å². The Morgan fingerprint density at radius 3 is 2.72 bits per heavy atom. The van der Waals surface area contributed by atoms with Crippen molar-refractivity contribution in [3.05, 3.63) is 29.6 Å². The Balaban J connectivity index is 2.92. The molecule has 1 amide bonds. The van der Waals surface area contributed by atoms with Crippen molar-refractivity contribution in [1.29, 1.82) is 0 Å². The highest BCUT2D eigenvalue weighted by atomic mass is 19.1. The molecule has 18 heavy (non-hydrogen) atoms. The van der Waals surface area contributed by atoms with Gasteiger partial charge in [-0.3, -0.25) is 4.79 Å². The van der Waals surface area contributed by atoms with Crippen LogP contribution < -0.4 is 4.74 Å². The van der Waals surface area contributed by atoms with Crippen molar-refractivity contribution in [3.8, 4) is 5.75 Å². The fraction of sp³-hybridized carbons (Fsp3) is 0.333. The quantitative estimate of drug-likeness (QED) is 0.503. The smallest absolute Gasteiger partial charge is 0.259 e. The van der Waals surface area contributed by atoms with Crippen LogP contribution in [0.2, 0.25) is 0 Å². The molecule has 1 N–H and O–H groups in total. The van der Waals surface area contributed by atoms with Crippen LogP contribution in [0.15, 0.2) is 23.4 Å². The third-order valence-corrected chi connectivity index (χ3v) is 2.33. The predicted molar refractivity (Wildman–Crippen MR) is 64.6 cm³/mol. The number of halogens is 1. The van der Waals surface area contributed by atoms with Crippen molar-refractivity contribution in [2.45, 2.75) is 6.92 Å². The second-order valence-electron chi connectivity index (χ2n) is 3.90. The Labute approximate surface area is 104 Å². The number of ether oxygens (including phenoxy) is 1. The maximum atomic E-state index is 13.1. The van der Waals surface area contributed by atoms with Gasteiger partial charge in [-0.05, 0) is 25.1 Å². The molecule has 0 spiro atoms. The van der Waals surface area contributed by atoms with Gasteiger partial charge in [0.15, 0.2) is 6.61 Å². The summed E-state index contributed by atoms with van der Waals surface area (Å²) in [4.78, 5) is 12.8. The van der Waals surface area contributed by atoms with Crippen LogP contribution in [0.3, 0.4) is 0 Å². The van der Waals surface area contributed by atoms with E-state index in [1.807, 2.05) is 0 Å². The van der Waals surface area contributed by atoms with Crippen LogP contribution in [0, 0.1) is 5.82 Å². The van der Waals surface area contributed by atoms with Crippen LogP contribution in [0.1, 0.15) is 12.5 Å². The van der Waals surface area contributed by atoms with Gasteiger partial charge in [-0.15, -0.1) is 0 Å². The lowest BCUT2D eigenvalue weighted by Crippen LogP contribution is -2.27. The van der Waals surface area contributed by atoms with E-state index >= 15 is 0 Å². The number of likely N-dealkylation sites (N-methyl/N-ethyl adjacent to an activating group) is 1. The Morgan fingerprint density at radius 1 is 1.50 bits per heavy atom. The molecule has 0 saturated heterocycles. The summed E-state index contributed by atoms with van der Waals surface area (Å²) in [5, 5.41) is 11.7. The zero-order valence-electron chi connectivity index (χ0n) is 10.5. The number of benzene rings is 1. The van der Waals surface area contributed by atoms with Gasteiger partial charge >= 0.3 is 0 Å². The highest BCUT2D eigenvalue weighted by Gasteiger charge is 2.11. The average molecular weight is 254 g/mol. The van der Waals surface area contributed by atoms with Gasteiger partial charge in [0, 0.05) is 19.7 Å². The van der Waals surface area contributed by atoms with Crippen molar-refractivity contribution < 1.29 is 19.1 Å². The predicted octanol–water partition coefficient (Wildman–Crippen LogP) is 1.49. The van der Waals surface area contributed by atoms with E-state index in [9.17, 15) is 9.18 Å². The molecule has 1 rings (SSSR count). The molecule has 0 heterocycles. The maximum absolute atomic E-state index is 13.1. The lowest BCUT2D eigenvalue weighted by molar-refractivity contribution is -0.130. The van der Waals surface area contributed by atoms with Gasteiger partial charge in [0.25, 0.3) is 5.91 Å². The van der Waals surface area contributed by atoms with Crippen molar-refractivity contribution in [2.75, 3.05) is 20.7 Å². The molecule has 1 aromatic rings. The molecule has 5 nitrogen and oxygen atoms in total. The molecule has 0 saturated carbocycles. The van der Waals surface area contributed by atoms with Crippen molar-refractivity contribution >= 4 is 11.6 Å². The molecule has 0 radical (unpaired) electrons. The summed E-state index contributed by atoms with van der Waals surface area (Å²) in [6, 6.07) is 3.79. The van der Waals surface area contributed by atoms with E-state index in [1.54, 1.807) is 14.1 Å². The minimum Gasteiger partial charge on any atom is -0.483 e. The largest absolute Gasteiger partial charge is 0.483 e. The van der Waals surface area contributed by atoms with Gasteiger partial charge in [0.05, 0.1) is 5.71 Å². The summed E-state index contributed by atoms with van der Waals surface area (Å²) in [5.74, 6) is -0.398. The zero-order valence-corrected chi connectivity index (χ0v) is 10.5. The maximum Gasteiger partial charge on any atom is 0.259 e. The van der Waals surface area contributed by atoms with Gasteiger partial charge < -0.3 is 14.8 Å². The van der Waals surface area contributed by atoms with E-state index < -0.39 is 5.82 Å². The molecule has 0 unspecified atom stereocenters. The van der Waals surface area contributed by atoms with Gasteiger partial charge in [-0.2, -0.15) is 0 Å². The second kappa shape index (κ2) is 6.00. The van der Waals surface area contributed by atoms with Gasteiger partial charge in [0.1, 0.15) is 11.6 Å². The lowest BCUT2D eigenvalue weighted by atomic mass is 10.1. The summed E-state index contributed by atoms with van der Waals surface area (Å²) in [6.45, 7) is 1.35. The number of amides is 1. The summed E-state index contributed by atoms with van der Waals surface area (Å²) in [7, 11) is 3.22. The van der Waals surface area contributed by atoms with E-state index in [-0.39, 0.29) is 18.2 Å². The third kappa shape index (κ3) is 3.44. The number of carbonyl (C=O) groups is 1. The van der Waals surface area contributed by atoms with Crippen LogP contribution in [-0.2, 0) is 4.79 Å². The second-order valence-corrected chi connectivity index (χ2v) is 3.90. The number of carbonyl (C=O) groups excluding carboxylic acids is 1. The number of nitrogens with zero attached hydrogens (tertiary/aromatic N) is 2. The van der Waals surface area contributed by atoms with Crippen LogP contribution in [-0.4, -0.2) is 42.4 Å². The Hall–Kier alpha value is -2.11. The van der Waals surface area contributed by atoms with Crippen molar-refractivity contribution in [2.24, 2.45) is 5.16 Å². The Bertz CT molecular complexity index is 472. The lowest BCUT2D eigenvalue weighted by Gasteiger charge is -2.13. The molecule has 6 heteroatoms. The van der Waals surface area contributed by atoms with Crippen molar-refractivity contribution in [1.82, 2.24) is 4.90 Å². The number of hydrogen-bond acceptors (Lipinski definition) is 4. The normalized spacial score (nSPS) is 11.2. The first kappa shape index (κ1) is 14.0. The van der Waals surface area contributed by atoms with Gasteiger partial charge in [-0.1, -0.05) is 5.16 Å². The van der Waals surface area contributed by atoms with Crippen LogP contribution in [0.4, 0.5) is 4.39 Å². The summed E-state index contributed by atoms with van der Waals surface area (Å²) in [6.07, 6.45) is 0. The standard InChI is InChI=1S/C12H15FN2O3/c1-8(14-17)10-6-9(13)4-5-11(10)18-7-12(16)15(2)3/h4-6,17H,7H2,1-3H3. The highest BCUT2D eigenvalue weighted by molar-refractivity contribution is 6.00. The number of rotatable bonds is 4. The molecule has 0 fully saturated rings. The molecule has 98 valence electrons. The Morgan fingerprint density at radius 2 is 2.17 bits per heavy atom. The SMILES string of the molecule is CC(=NO)c1cc(F)ccc1OCC(=O)N(C)C. The molecule has 0 aliphatic heterocycles. The first-order valence-corrected chi connectivity index (χ1v) is 5.27. The van der Waals surface area contributed by atoms with Crippen LogP contribution in [0.5, 0.6) is 5.75 Å². The van der Waals surface area contributed by atoms with E-state index in [2.05, 4.69) is 5.16 Å². The van der Waals surface area contributed by atoms with Crippen molar-refractivity contribution in [3.63, 3.8) is 0 Å². The highest BCUT2D eigenvalue weighted by Crippen LogP contribution is 2.20.